The number of aromatic nitrogens is 2. The average Bonchev–Trinajstić information content (AvgIpc) is 2.80. The Balaban J connectivity index is 2.20. The summed E-state index contributed by atoms with van der Waals surface area (Å²) >= 11 is 2.24. The molecule has 16 heavy (non-hydrogen) atoms. The van der Waals surface area contributed by atoms with E-state index in [4.69, 9.17) is 4.42 Å². The first-order valence-corrected chi connectivity index (χ1v) is 6.12. The highest BCUT2D eigenvalue weighted by Crippen LogP contribution is 2.20. The molecule has 0 saturated carbocycles. The summed E-state index contributed by atoms with van der Waals surface area (Å²) in [7, 11) is 0. The monoisotopic (exact) mass is 329 g/mol. The Labute approximate surface area is 108 Å². The predicted octanol–water partition coefficient (Wildman–Crippen LogP) is 2.70. The lowest BCUT2D eigenvalue weighted by Crippen LogP contribution is -2.23. The number of hydrogen-bond donors (Lipinski definition) is 0. The van der Waals surface area contributed by atoms with E-state index in [0.717, 1.165) is 28.2 Å². The summed E-state index contributed by atoms with van der Waals surface area (Å²) < 4.78 is 6.39. The second-order valence-electron chi connectivity index (χ2n) is 3.29. The van der Waals surface area contributed by atoms with Crippen LogP contribution in [0.15, 0.2) is 35.3 Å². The summed E-state index contributed by atoms with van der Waals surface area (Å²) in [6, 6.07) is 3.87. The third kappa shape index (κ3) is 2.52. The standard InChI is InChI=1S/C11H12IN3O/c1-2-15(7-9-4-3-5-16-9)11-10(12)6-13-8-14-11/h3-6,8H,2,7H2,1H3. The highest BCUT2D eigenvalue weighted by Gasteiger charge is 2.11. The molecule has 84 valence electrons. The number of furan rings is 1. The molecule has 0 amide bonds. The van der Waals surface area contributed by atoms with Crippen LogP contribution in [-0.2, 0) is 6.54 Å². The molecule has 0 bridgehead atoms. The lowest BCUT2D eigenvalue weighted by atomic mass is 10.4. The van der Waals surface area contributed by atoms with Gasteiger partial charge in [-0.15, -0.1) is 0 Å². The maximum atomic E-state index is 5.34. The van der Waals surface area contributed by atoms with Gasteiger partial charge in [-0.1, -0.05) is 0 Å². The molecule has 2 heterocycles. The van der Waals surface area contributed by atoms with Gasteiger partial charge >= 0.3 is 0 Å². The third-order valence-electron chi connectivity index (χ3n) is 2.26. The molecule has 0 aliphatic carbocycles. The molecule has 0 spiro atoms. The molecule has 0 N–H and O–H groups in total. The fraction of sp³-hybridized carbons (Fsp3) is 0.273. The Morgan fingerprint density at radius 1 is 1.50 bits per heavy atom. The fourth-order valence-corrected chi connectivity index (χ4v) is 2.11. The van der Waals surface area contributed by atoms with Gasteiger partial charge in [-0.05, 0) is 41.6 Å². The summed E-state index contributed by atoms with van der Waals surface area (Å²) in [4.78, 5) is 10.4. The number of rotatable bonds is 4. The van der Waals surface area contributed by atoms with E-state index in [1.165, 1.54) is 0 Å². The van der Waals surface area contributed by atoms with E-state index in [0.29, 0.717) is 0 Å². The molecule has 0 fully saturated rings. The molecule has 0 atom stereocenters. The summed E-state index contributed by atoms with van der Waals surface area (Å²) in [5, 5.41) is 0. The van der Waals surface area contributed by atoms with Crippen LogP contribution in [0.2, 0.25) is 0 Å². The largest absolute Gasteiger partial charge is 0.467 e. The zero-order valence-corrected chi connectivity index (χ0v) is 11.1. The van der Waals surface area contributed by atoms with Crippen molar-refractivity contribution in [2.45, 2.75) is 13.5 Å². The second-order valence-corrected chi connectivity index (χ2v) is 4.45. The molecule has 0 saturated heterocycles. The van der Waals surface area contributed by atoms with Crippen molar-refractivity contribution in [2.24, 2.45) is 0 Å². The summed E-state index contributed by atoms with van der Waals surface area (Å²) in [6.07, 6.45) is 5.07. The van der Waals surface area contributed by atoms with Crippen molar-refractivity contribution >= 4 is 28.4 Å². The van der Waals surface area contributed by atoms with E-state index in [-0.39, 0.29) is 0 Å². The Bertz CT molecular complexity index is 444. The predicted molar refractivity (Wildman–Crippen MR) is 70.2 cm³/mol. The van der Waals surface area contributed by atoms with Crippen molar-refractivity contribution in [3.05, 3.63) is 40.3 Å². The SMILES string of the molecule is CCN(Cc1ccco1)c1ncncc1I. The molecule has 4 nitrogen and oxygen atoms in total. The van der Waals surface area contributed by atoms with E-state index in [1.54, 1.807) is 12.6 Å². The Morgan fingerprint density at radius 2 is 2.38 bits per heavy atom. The van der Waals surface area contributed by atoms with Gasteiger partial charge in [-0.25, -0.2) is 9.97 Å². The molecular formula is C11H12IN3O. The van der Waals surface area contributed by atoms with Crippen LogP contribution in [-0.4, -0.2) is 16.5 Å². The van der Waals surface area contributed by atoms with Crippen LogP contribution < -0.4 is 4.90 Å². The summed E-state index contributed by atoms with van der Waals surface area (Å²) in [5.74, 6) is 1.89. The topological polar surface area (TPSA) is 42.2 Å². The van der Waals surface area contributed by atoms with Crippen molar-refractivity contribution in [1.82, 2.24) is 9.97 Å². The van der Waals surface area contributed by atoms with Gasteiger partial charge in [0.2, 0.25) is 0 Å². The van der Waals surface area contributed by atoms with Crippen LogP contribution in [0.1, 0.15) is 12.7 Å². The van der Waals surface area contributed by atoms with Gasteiger partial charge in [-0.2, -0.15) is 0 Å². The van der Waals surface area contributed by atoms with Crippen molar-refractivity contribution in [1.29, 1.82) is 0 Å². The molecule has 2 aromatic heterocycles. The van der Waals surface area contributed by atoms with E-state index in [9.17, 15) is 0 Å². The van der Waals surface area contributed by atoms with E-state index >= 15 is 0 Å². The second kappa shape index (κ2) is 5.29. The van der Waals surface area contributed by atoms with Crippen LogP contribution in [0.3, 0.4) is 0 Å². The van der Waals surface area contributed by atoms with Gasteiger partial charge in [0.15, 0.2) is 0 Å². The zero-order chi connectivity index (χ0) is 11.4. The molecular weight excluding hydrogens is 317 g/mol. The normalized spacial score (nSPS) is 10.4. The zero-order valence-electron chi connectivity index (χ0n) is 8.93. The number of anilines is 1. The molecule has 0 aromatic carbocycles. The van der Waals surface area contributed by atoms with Crippen LogP contribution in [0, 0.1) is 3.57 Å². The van der Waals surface area contributed by atoms with E-state index in [2.05, 4.69) is 44.4 Å². The van der Waals surface area contributed by atoms with Gasteiger partial charge in [0.1, 0.15) is 17.9 Å². The maximum Gasteiger partial charge on any atom is 0.145 e. The molecule has 5 heteroatoms. The van der Waals surface area contributed by atoms with Gasteiger partial charge in [0.05, 0.1) is 16.4 Å². The quantitative estimate of drug-likeness (QED) is 0.809. The lowest BCUT2D eigenvalue weighted by Gasteiger charge is -2.21. The van der Waals surface area contributed by atoms with Crippen molar-refractivity contribution < 1.29 is 4.42 Å². The highest BCUT2D eigenvalue weighted by atomic mass is 127. The van der Waals surface area contributed by atoms with E-state index in [1.807, 2.05) is 18.3 Å². The summed E-state index contributed by atoms with van der Waals surface area (Å²) in [6.45, 7) is 3.71. The van der Waals surface area contributed by atoms with Gasteiger partial charge in [0.25, 0.3) is 0 Å². The highest BCUT2D eigenvalue weighted by molar-refractivity contribution is 14.1. The number of hydrogen-bond acceptors (Lipinski definition) is 4. The average molecular weight is 329 g/mol. The Hall–Kier alpha value is -1.11. The lowest BCUT2D eigenvalue weighted by molar-refractivity contribution is 0.502. The van der Waals surface area contributed by atoms with Gasteiger partial charge in [-0.3, -0.25) is 0 Å². The van der Waals surface area contributed by atoms with Crippen molar-refractivity contribution in [3.8, 4) is 0 Å². The first-order valence-electron chi connectivity index (χ1n) is 5.04. The Morgan fingerprint density at radius 3 is 3.00 bits per heavy atom. The molecule has 0 aliphatic rings. The molecule has 0 aliphatic heterocycles. The van der Waals surface area contributed by atoms with Gasteiger partial charge in [0, 0.05) is 12.7 Å². The first kappa shape index (κ1) is 11.4. The van der Waals surface area contributed by atoms with Crippen molar-refractivity contribution in [3.63, 3.8) is 0 Å². The maximum absolute atomic E-state index is 5.34. The number of halogens is 1. The molecule has 0 unspecified atom stereocenters. The van der Waals surface area contributed by atoms with Crippen LogP contribution in [0.4, 0.5) is 5.82 Å². The molecule has 2 rings (SSSR count). The number of nitrogens with zero attached hydrogens (tertiary/aromatic N) is 3. The minimum absolute atomic E-state index is 0.733. The Kier molecular flexibility index (Phi) is 3.76. The molecule has 2 aromatic rings. The van der Waals surface area contributed by atoms with Crippen LogP contribution >= 0.6 is 22.6 Å². The minimum Gasteiger partial charge on any atom is -0.467 e. The van der Waals surface area contributed by atoms with E-state index < -0.39 is 0 Å². The summed E-state index contributed by atoms with van der Waals surface area (Å²) in [5.41, 5.74) is 0. The smallest absolute Gasteiger partial charge is 0.145 e. The van der Waals surface area contributed by atoms with Crippen LogP contribution in [0.25, 0.3) is 0 Å². The fourth-order valence-electron chi connectivity index (χ4n) is 1.47. The van der Waals surface area contributed by atoms with Gasteiger partial charge < -0.3 is 9.32 Å². The first-order chi connectivity index (χ1) is 7.81. The van der Waals surface area contributed by atoms with Crippen LogP contribution in [0.5, 0.6) is 0 Å². The minimum atomic E-state index is 0.733. The molecule has 0 radical (unpaired) electrons. The van der Waals surface area contributed by atoms with Crippen molar-refractivity contribution in [2.75, 3.05) is 11.4 Å². The third-order valence-corrected chi connectivity index (χ3v) is 3.02.